The molecule has 0 heterocycles. The second-order valence-electron chi connectivity index (χ2n) is 8.65. The summed E-state index contributed by atoms with van der Waals surface area (Å²) in [6.45, 7) is 29.0. The molecule has 0 fully saturated rings. The molecule has 0 aromatic heterocycles. The Hall–Kier alpha value is -3.88. The minimum Gasteiger partial charge on any atom is -0.577 e. The molecule has 0 N–H and O–H groups in total. The van der Waals surface area contributed by atoms with Gasteiger partial charge in [-0.2, -0.15) is 17.7 Å². The first-order valence-electron chi connectivity index (χ1n) is 12.7. The molecule has 49 heavy (non-hydrogen) atoms. The van der Waals surface area contributed by atoms with Crippen molar-refractivity contribution in [3.05, 3.63) is 182 Å². The van der Waals surface area contributed by atoms with E-state index in [1.54, 1.807) is 0 Å². The van der Waals surface area contributed by atoms with Gasteiger partial charge < -0.3 is 42.5 Å². The molecule has 0 aliphatic heterocycles. The van der Waals surface area contributed by atoms with Crippen LogP contribution < -0.4 is 0 Å². The number of hydrogen-bond donors (Lipinski definition) is 0. The van der Waals surface area contributed by atoms with Gasteiger partial charge in [0.05, 0.1) is 0 Å². The number of nitroso groups, excluding NO2 is 2. The summed E-state index contributed by atoms with van der Waals surface area (Å²) in [5, 5.41) is 6.25. The summed E-state index contributed by atoms with van der Waals surface area (Å²) in [5.41, 5.74) is 18.2. The summed E-state index contributed by atoms with van der Waals surface area (Å²) in [7, 11) is -7.82. The van der Waals surface area contributed by atoms with Crippen LogP contribution in [0.1, 0.15) is 34.7 Å². The zero-order chi connectivity index (χ0) is 38.6. The molecule has 0 atom stereocenters. The van der Waals surface area contributed by atoms with Gasteiger partial charge in [-0.05, 0) is 27.7 Å². The van der Waals surface area contributed by atoms with Gasteiger partial charge in [0, 0.05) is 0 Å². The Kier molecular flexibility index (Phi) is 48.1. The van der Waals surface area contributed by atoms with Crippen LogP contribution in [-0.2, 0) is 34.1 Å². The summed E-state index contributed by atoms with van der Waals surface area (Å²) in [4.78, 5) is 20.0. The molecule has 3 radical (unpaired) electrons. The van der Waals surface area contributed by atoms with Crippen LogP contribution >= 0.6 is 7.81 Å². The quantitative estimate of drug-likeness (QED) is 0.0977. The van der Waals surface area contributed by atoms with E-state index in [0.717, 1.165) is 0 Å². The van der Waals surface area contributed by atoms with Crippen molar-refractivity contribution < 1.29 is 59.3 Å². The van der Waals surface area contributed by atoms with E-state index in [0.29, 0.717) is 0 Å². The van der Waals surface area contributed by atoms with E-state index in [1.165, 1.54) is 47.8 Å². The van der Waals surface area contributed by atoms with Crippen LogP contribution in [0.3, 0.4) is 0 Å². The van der Waals surface area contributed by atoms with Crippen molar-refractivity contribution in [2.75, 3.05) is 14.1 Å². The first-order chi connectivity index (χ1) is 21.6. The monoisotopic (exact) mass is 793 g/mol. The summed E-state index contributed by atoms with van der Waals surface area (Å²) < 4.78 is 59.2. The number of rotatable bonds is 0. The number of aryl methyl sites for hydroxylation is 5. The Balaban J connectivity index is -0.0000000658. The maximum Gasteiger partial charge on any atom is 3.00 e. The Morgan fingerprint density at radius 3 is 1.04 bits per heavy atom. The maximum atomic E-state index is 9.87. The fourth-order valence-corrected chi connectivity index (χ4v) is 2.55. The Morgan fingerprint density at radius 1 is 0.673 bits per heavy atom. The van der Waals surface area contributed by atoms with Crippen molar-refractivity contribution in [2.45, 2.75) is 41.5 Å². The van der Waals surface area contributed by atoms with Gasteiger partial charge in [-0.15, -0.1) is 6.42 Å². The molecule has 271 valence electrons. The third-order valence-electron chi connectivity index (χ3n) is 4.01. The standard InChI is InChI=1S/2C8H10.2C6H7.2C2H3N.CN.F6P.2Mn.2NO/c2*1-7-4-3-5-8(2)6-7;2*1-6-4-2-3-5-6;2*1-3-2;1-2;1-7(2,3,4,5)6;;;2*1-2/h2*3-6H,1-2H3;2*2-5H,1H3;2*1H3;;;;;;/q;;2*-1;;;2*-1;+2;+3;2*-1. The van der Waals surface area contributed by atoms with Gasteiger partial charge in [-0.1, -0.05) is 90.6 Å². The average Bonchev–Trinajstić information content (AvgIpc) is 3.65. The van der Waals surface area contributed by atoms with Crippen LogP contribution in [0.4, 0.5) is 25.2 Å². The first kappa shape index (κ1) is 63.7. The Bertz CT molecular complexity index is 1190. The number of nitrogens with zero attached hydrogens (tertiary/aromatic N) is 5. The third-order valence-corrected chi connectivity index (χ3v) is 4.01. The zero-order valence-corrected chi connectivity index (χ0v) is 31.5. The number of benzene rings is 2. The molecule has 0 spiro atoms. The van der Waals surface area contributed by atoms with Crippen LogP contribution in [0.15, 0.2) is 84.9 Å². The largest absolute Gasteiger partial charge is 3.00 e. The molecule has 7 nitrogen and oxygen atoms in total. The first-order valence-corrected chi connectivity index (χ1v) is 14.8. The van der Waals surface area contributed by atoms with Gasteiger partial charge in [-0.3, -0.25) is 0 Å². The predicted molar refractivity (Wildman–Crippen MR) is 182 cm³/mol. The number of halogens is 6. The number of allylic oxidation sites excluding steroid dienone is 2. The minimum atomic E-state index is -10.7. The van der Waals surface area contributed by atoms with E-state index in [4.69, 9.17) is 46.0 Å². The van der Waals surface area contributed by atoms with Crippen LogP contribution in [0.5, 0.6) is 0 Å². The SMILES string of the molecule is C[C]1[CH]C=C[CH-]1.Cc1ccc[cH-]1.Cc1cccc(C)c1.Cc1cccc(C)c1.F[P-](F)(F)(F)(F)F.[C-]#N.[C-]#[N+]C.[C-]#[N+]C.[Mn+2].[Mn+3].[N-]=O.[N-]=O. The van der Waals surface area contributed by atoms with E-state index in [2.05, 4.69) is 125 Å². The van der Waals surface area contributed by atoms with E-state index < -0.39 is 7.81 Å². The van der Waals surface area contributed by atoms with Crippen LogP contribution in [0, 0.1) is 88.2 Å². The Labute approximate surface area is 308 Å². The van der Waals surface area contributed by atoms with Crippen molar-refractivity contribution >= 4 is 7.81 Å². The fraction of sp³-hybridized carbons (Fsp3) is 0.242. The minimum absolute atomic E-state index is 0. The van der Waals surface area contributed by atoms with E-state index in [9.17, 15) is 25.2 Å². The van der Waals surface area contributed by atoms with Gasteiger partial charge >= 0.3 is 67.1 Å². The summed E-state index contributed by atoms with van der Waals surface area (Å²) in [5.74, 6) is 1.34. The van der Waals surface area contributed by atoms with Gasteiger partial charge in [-0.25, -0.2) is 43.8 Å². The predicted octanol–water partition coefficient (Wildman–Crippen LogP) is 13.1. The van der Waals surface area contributed by atoms with Crippen LogP contribution in [-0.4, -0.2) is 14.1 Å². The summed E-state index contributed by atoms with van der Waals surface area (Å²) in [6.07, 6.45) is 8.24. The molecule has 1 aliphatic carbocycles. The smallest absolute Gasteiger partial charge is 0.577 e. The van der Waals surface area contributed by atoms with Crippen LogP contribution in [0.25, 0.3) is 20.9 Å². The molecule has 3 aromatic carbocycles. The van der Waals surface area contributed by atoms with Crippen molar-refractivity contribution in [3.63, 3.8) is 0 Å². The molecule has 0 bridgehead atoms. The van der Waals surface area contributed by atoms with Crippen molar-refractivity contribution in [3.8, 4) is 0 Å². The van der Waals surface area contributed by atoms with Gasteiger partial charge in [0.15, 0.2) is 0 Å². The molecule has 3 aromatic rings. The molecular weight excluding hydrogens is 753 g/mol. The molecule has 1 aliphatic rings. The Morgan fingerprint density at radius 2 is 0.959 bits per heavy atom. The molecule has 4 rings (SSSR count). The zero-order valence-electron chi connectivity index (χ0n) is 28.3. The number of hydrogen-bond acceptors (Lipinski definition) is 3. The van der Waals surface area contributed by atoms with Crippen molar-refractivity contribution in [1.29, 1.82) is 5.26 Å². The molecule has 0 unspecified atom stereocenters. The summed E-state index contributed by atoms with van der Waals surface area (Å²) >= 11 is 0. The van der Waals surface area contributed by atoms with Crippen molar-refractivity contribution in [1.82, 2.24) is 0 Å². The molecule has 0 saturated heterocycles. The van der Waals surface area contributed by atoms with Gasteiger partial charge in [0.1, 0.15) is 0 Å². The van der Waals surface area contributed by atoms with E-state index >= 15 is 0 Å². The molecule has 0 saturated carbocycles. The van der Waals surface area contributed by atoms with Gasteiger partial charge in [0.2, 0.25) is 14.1 Å². The second-order valence-corrected chi connectivity index (χ2v) is 10.6. The van der Waals surface area contributed by atoms with E-state index in [1.807, 2.05) is 24.3 Å². The maximum absolute atomic E-state index is 10.7. The fourth-order valence-electron chi connectivity index (χ4n) is 2.55. The molecule has 16 heteroatoms. The van der Waals surface area contributed by atoms with Crippen LogP contribution in [0.2, 0.25) is 0 Å². The average molecular weight is 794 g/mol. The normalized spacial score (nSPS) is 10.6. The third kappa shape index (κ3) is 86.3. The summed E-state index contributed by atoms with van der Waals surface area (Å²) in [6, 6.07) is 25.1. The molecule has 0 amide bonds. The second kappa shape index (κ2) is 36.9. The van der Waals surface area contributed by atoms with E-state index in [-0.39, 0.29) is 34.1 Å². The van der Waals surface area contributed by atoms with Gasteiger partial charge in [0.25, 0.3) is 0 Å². The van der Waals surface area contributed by atoms with Crippen molar-refractivity contribution in [2.24, 2.45) is 0 Å². The molecular formula is C33H40F6Mn2N5O2P-. The topological polar surface area (TPSA) is 111 Å².